The highest BCUT2D eigenvalue weighted by Gasteiger charge is 2.57. The van der Waals surface area contributed by atoms with Crippen LogP contribution in [0.3, 0.4) is 0 Å². The van der Waals surface area contributed by atoms with Crippen molar-refractivity contribution in [3.8, 4) is 0 Å². The van der Waals surface area contributed by atoms with Crippen LogP contribution >= 0.6 is 0 Å². The van der Waals surface area contributed by atoms with Gasteiger partial charge in [-0.2, -0.15) is 0 Å². The molecule has 1 aromatic heterocycles. The predicted octanol–water partition coefficient (Wildman–Crippen LogP) is 6.87. The molecule has 9 unspecified atom stereocenters. The fraction of sp³-hybridized carbons (Fsp3) is 0.852. The molecule has 9 atom stereocenters. The minimum atomic E-state index is 0.576. The second-order valence-corrected chi connectivity index (χ2v) is 11.9. The lowest BCUT2D eigenvalue weighted by Gasteiger charge is -2.56. The van der Waals surface area contributed by atoms with E-state index in [0.717, 1.165) is 59.5 Å². The molecule has 0 bridgehead atoms. The SMILES string of the molecule is Cc1cncc(CC(C)C2CCC3C4CCC5CC(C)CCC5C4CCC23C)n1. The molecule has 1 heterocycles. The summed E-state index contributed by atoms with van der Waals surface area (Å²) < 4.78 is 0. The monoisotopic (exact) mass is 394 g/mol. The van der Waals surface area contributed by atoms with Crippen molar-refractivity contribution in [2.24, 2.45) is 52.8 Å². The van der Waals surface area contributed by atoms with Gasteiger partial charge in [-0.3, -0.25) is 9.97 Å². The summed E-state index contributed by atoms with van der Waals surface area (Å²) in [6, 6.07) is 0. The van der Waals surface area contributed by atoms with Crippen LogP contribution in [0, 0.1) is 59.7 Å². The van der Waals surface area contributed by atoms with E-state index >= 15 is 0 Å². The number of aryl methyl sites for hydroxylation is 1. The van der Waals surface area contributed by atoms with Crippen LogP contribution in [0.25, 0.3) is 0 Å². The summed E-state index contributed by atoms with van der Waals surface area (Å²) in [6.07, 6.45) is 18.6. The number of hydrogen-bond donors (Lipinski definition) is 0. The molecule has 160 valence electrons. The van der Waals surface area contributed by atoms with Gasteiger partial charge in [0, 0.05) is 12.4 Å². The van der Waals surface area contributed by atoms with Crippen molar-refractivity contribution in [3.05, 3.63) is 23.8 Å². The summed E-state index contributed by atoms with van der Waals surface area (Å²) in [5.41, 5.74) is 2.84. The van der Waals surface area contributed by atoms with E-state index in [9.17, 15) is 0 Å². The largest absolute Gasteiger partial charge is 0.261 e. The molecule has 4 aliphatic rings. The standard InChI is InChI=1S/C27H42N2/c1-17-5-7-22-20(13-17)6-8-24-23(22)11-12-27(4)25(9-10-26(24)27)18(2)14-21-16-28-15-19(3)29-21/h15-18,20,22-26H,5-14H2,1-4H3. The van der Waals surface area contributed by atoms with Crippen LogP contribution in [0.2, 0.25) is 0 Å². The van der Waals surface area contributed by atoms with Crippen molar-refractivity contribution in [2.75, 3.05) is 0 Å². The lowest BCUT2D eigenvalue weighted by molar-refractivity contribution is -0.0728. The maximum atomic E-state index is 4.77. The van der Waals surface area contributed by atoms with Crippen molar-refractivity contribution in [2.45, 2.75) is 91.9 Å². The van der Waals surface area contributed by atoms with Gasteiger partial charge >= 0.3 is 0 Å². The fourth-order valence-electron chi connectivity index (χ4n) is 9.15. The lowest BCUT2D eigenvalue weighted by Crippen LogP contribution is -2.49. The number of hydrogen-bond acceptors (Lipinski definition) is 2. The van der Waals surface area contributed by atoms with Crippen LogP contribution in [0.4, 0.5) is 0 Å². The third kappa shape index (κ3) is 3.47. The topological polar surface area (TPSA) is 25.8 Å². The number of rotatable bonds is 3. The second kappa shape index (κ2) is 7.65. The normalized spacial score (nSPS) is 45.2. The van der Waals surface area contributed by atoms with Gasteiger partial charge in [-0.1, -0.05) is 27.2 Å². The highest BCUT2D eigenvalue weighted by atomic mass is 14.8. The van der Waals surface area contributed by atoms with E-state index in [1.807, 2.05) is 12.4 Å². The van der Waals surface area contributed by atoms with Gasteiger partial charge in [0.2, 0.25) is 0 Å². The summed E-state index contributed by atoms with van der Waals surface area (Å²) >= 11 is 0. The average Bonchev–Trinajstić information content (AvgIpc) is 3.05. The van der Waals surface area contributed by atoms with E-state index in [1.54, 1.807) is 19.3 Å². The first kappa shape index (κ1) is 20.0. The highest BCUT2D eigenvalue weighted by molar-refractivity contribution is 5.09. The maximum absolute atomic E-state index is 4.77. The summed E-state index contributed by atoms with van der Waals surface area (Å²) in [4.78, 5) is 9.16. The number of nitrogens with zero attached hydrogens (tertiary/aromatic N) is 2. The Morgan fingerprint density at radius 2 is 1.83 bits per heavy atom. The molecule has 0 aliphatic heterocycles. The lowest BCUT2D eigenvalue weighted by atomic mass is 9.48. The Hall–Kier alpha value is -0.920. The molecule has 0 radical (unpaired) electrons. The van der Waals surface area contributed by atoms with Gasteiger partial charge in [0.15, 0.2) is 0 Å². The third-order valence-electron chi connectivity index (χ3n) is 10.3. The second-order valence-electron chi connectivity index (χ2n) is 11.9. The maximum Gasteiger partial charge on any atom is 0.0592 e. The highest BCUT2D eigenvalue weighted by Crippen LogP contribution is 2.65. The van der Waals surface area contributed by atoms with Gasteiger partial charge in [-0.25, -0.2) is 0 Å². The molecule has 4 saturated carbocycles. The zero-order valence-electron chi connectivity index (χ0n) is 19.2. The van der Waals surface area contributed by atoms with Gasteiger partial charge < -0.3 is 0 Å². The van der Waals surface area contributed by atoms with E-state index in [2.05, 4.69) is 32.7 Å². The Morgan fingerprint density at radius 1 is 1.00 bits per heavy atom. The minimum Gasteiger partial charge on any atom is -0.261 e. The van der Waals surface area contributed by atoms with Crippen molar-refractivity contribution in [1.82, 2.24) is 9.97 Å². The summed E-state index contributed by atoms with van der Waals surface area (Å²) in [6.45, 7) is 9.77. The molecule has 0 aromatic carbocycles. The fourth-order valence-corrected chi connectivity index (χ4v) is 9.15. The van der Waals surface area contributed by atoms with E-state index < -0.39 is 0 Å². The zero-order chi connectivity index (χ0) is 20.2. The average molecular weight is 395 g/mol. The Kier molecular flexibility index (Phi) is 5.28. The summed E-state index contributed by atoms with van der Waals surface area (Å²) in [5, 5.41) is 0. The molecule has 0 N–H and O–H groups in total. The molecule has 1 aromatic rings. The van der Waals surface area contributed by atoms with Gasteiger partial charge in [0.25, 0.3) is 0 Å². The van der Waals surface area contributed by atoms with Crippen LogP contribution in [0.15, 0.2) is 12.4 Å². The molecule has 0 saturated heterocycles. The van der Waals surface area contributed by atoms with E-state index in [4.69, 9.17) is 4.98 Å². The molecule has 2 heteroatoms. The van der Waals surface area contributed by atoms with Crippen LogP contribution in [0.5, 0.6) is 0 Å². The van der Waals surface area contributed by atoms with Crippen LogP contribution in [-0.4, -0.2) is 9.97 Å². The Bertz CT molecular complexity index is 729. The van der Waals surface area contributed by atoms with Crippen molar-refractivity contribution >= 4 is 0 Å². The van der Waals surface area contributed by atoms with Crippen LogP contribution in [0.1, 0.15) is 89.9 Å². The summed E-state index contributed by atoms with van der Waals surface area (Å²) in [7, 11) is 0. The minimum absolute atomic E-state index is 0.576. The molecular formula is C27H42N2. The van der Waals surface area contributed by atoms with Gasteiger partial charge in [0.1, 0.15) is 0 Å². The Morgan fingerprint density at radius 3 is 2.66 bits per heavy atom. The molecule has 5 rings (SSSR count). The van der Waals surface area contributed by atoms with E-state index in [1.165, 1.54) is 44.2 Å². The molecule has 29 heavy (non-hydrogen) atoms. The number of aromatic nitrogens is 2. The molecular weight excluding hydrogens is 352 g/mol. The molecule has 0 spiro atoms. The Balaban J connectivity index is 1.31. The van der Waals surface area contributed by atoms with Gasteiger partial charge in [0.05, 0.1) is 11.4 Å². The first-order valence-corrected chi connectivity index (χ1v) is 12.7. The van der Waals surface area contributed by atoms with E-state index in [0.29, 0.717) is 5.41 Å². The quantitative estimate of drug-likeness (QED) is 0.559. The summed E-state index contributed by atoms with van der Waals surface area (Å²) in [5.74, 6) is 7.84. The number of fused-ring (bicyclic) bond motifs is 5. The van der Waals surface area contributed by atoms with Crippen molar-refractivity contribution in [1.29, 1.82) is 0 Å². The molecule has 4 aliphatic carbocycles. The molecule has 2 nitrogen and oxygen atoms in total. The first-order valence-electron chi connectivity index (χ1n) is 12.7. The van der Waals surface area contributed by atoms with E-state index in [-0.39, 0.29) is 0 Å². The predicted molar refractivity (Wildman–Crippen MR) is 119 cm³/mol. The van der Waals surface area contributed by atoms with Crippen LogP contribution in [-0.2, 0) is 6.42 Å². The molecule has 4 fully saturated rings. The van der Waals surface area contributed by atoms with Crippen molar-refractivity contribution in [3.63, 3.8) is 0 Å². The van der Waals surface area contributed by atoms with Gasteiger partial charge in [-0.05, 0) is 117 Å². The van der Waals surface area contributed by atoms with Gasteiger partial charge in [-0.15, -0.1) is 0 Å². The van der Waals surface area contributed by atoms with Crippen molar-refractivity contribution < 1.29 is 0 Å². The first-order chi connectivity index (χ1) is 14.0. The third-order valence-corrected chi connectivity index (χ3v) is 10.3. The Labute approximate surface area is 178 Å². The zero-order valence-corrected chi connectivity index (χ0v) is 19.2. The van der Waals surface area contributed by atoms with Crippen LogP contribution < -0.4 is 0 Å². The molecule has 0 amide bonds. The smallest absolute Gasteiger partial charge is 0.0592 e.